The van der Waals surface area contributed by atoms with E-state index in [0.717, 1.165) is 22.9 Å². The molecule has 32 heavy (non-hydrogen) atoms. The van der Waals surface area contributed by atoms with Gasteiger partial charge in [-0.25, -0.2) is 15.0 Å². The largest absolute Gasteiger partial charge is 1.00 e. The van der Waals surface area contributed by atoms with Crippen LogP contribution in [0.3, 0.4) is 0 Å². The van der Waals surface area contributed by atoms with Crippen molar-refractivity contribution in [2.24, 2.45) is 20.0 Å². The van der Waals surface area contributed by atoms with E-state index < -0.39 is 0 Å². The van der Waals surface area contributed by atoms with Crippen molar-refractivity contribution in [3.8, 4) is 0 Å². The Kier molecular flexibility index (Phi) is 10.1. The van der Waals surface area contributed by atoms with Crippen LogP contribution in [-0.4, -0.2) is 54.4 Å². The van der Waals surface area contributed by atoms with E-state index in [0.29, 0.717) is 23.1 Å². The van der Waals surface area contributed by atoms with Gasteiger partial charge >= 0.3 is 0 Å². The van der Waals surface area contributed by atoms with Gasteiger partial charge in [0.15, 0.2) is 11.7 Å². The predicted molar refractivity (Wildman–Crippen MR) is 108 cm³/mol. The Morgan fingerprint density at radius 2 is 1.16 bits per heavy atom. The summed E-state index contributed by atoms with van der Waals surface area (Å²) in [6, 6.07) is 5.54. The summed E-state index contributed by atoms with van der Waals surface area (Å²) in [6.45, 7) is 0. The number of aromatic nitrogens is 1. The maximum absolute atomic E-state index is 5.27. The summed E-state index contributed by atoms with van der Waals surface area (Å²) in [5.41, 5.74) is 3.10. The van der Waals surface area contributed by atoms with Crippen LogP contribution in [0.4, 0.5) is 0 Å². The molecule has 3 heterocycles. The first-order chi connectivity index (χ1) is 13.7. The van der Waals surface area contributed by atoms with E-state index in [2.05, 4.69) is 20.0 Å². The van der Waals surface area contributed by atoms with E-state index in [1.807, 2.05) is 54.7 Å². The van der Waals surface area contributed by atoms with Gasteiger partial charge in [0.1, 0.15) is 35.0 Å². The summed E-state index contributed by atoms with van der Waals surface area (Å²) in [4.78, 5) is 23.3. The van der Waals surface area contributed by atoms with Gasteiger partial charge in [0.05, 0.1) is 25.6 Å². The number of amidine groups is 2. The Morgan fingerprint density at radius 3 is 1.56 bits per heavy atom. The topological polar surface area (TPSA) is 80.8 Å². The number of halogens is 3. The van der Waals surface area contributed by atoms with Crippen LogP contribution in [0.1, 0.15) is 11.4 Å². The molecular weight excluding hydrogens is 512 g/mol. The predicted octanol–water partition coefficient (Wildman–Crippen LogP) is -6.57. The number of nitrogens with zero attached hydrogens (tertiary/aromatic N) is 5. The van der Waals surface area contributed by atoms with Crippen LogP contribution >= 0.6 is 0 Å². The number of methoxy groups -OCH3 is 2. The maximum atomic E-state index is 5.27. The molecule has 5 rings (SSSR count). The molecule has 2 aliphatic carbocycles. The molecule has 4 aliphatic rings. The number of ether oxygens (including phenoxy) is 2. The SMILES string of the molecule is COC1=CC2=NC(c3cccc(C4=NC5C=CC(OC)=CC5=N4)n3)=NC2C=C1.[Cl-].[Cl-].[Cl-].[V]. The van der Waals surface area contributed by atoms with Gasteiger partial charge in [-0.05, 0) is 24.3 Å². The zero-order valence-corrected chi connectivity index (χ0v) is 20.6. The van der Waals surface area contributed by atoms with Gasteiger partial charge in [-0.15, -0.1) is 0 Å². The van der Waals surface area contributed by atoms with Crippen molar-refractivity contribution in [3.63, 3.8) is 0 Å². The Bertz CT molecular complexity index is 1040. The molecule has 0 aromatic carbocycles. The molecule has 0 spiro atoms. The van der Waals surface area contributed by atoms with Gasteiger partial charge < -0.3 is 46.7 Å². The van der Waals surface area contributed by atoms with E-state index in [1.54, 1.807) is 14.2 Å². The van der Waals surface area contributed by atoms with Crippen molar-refractivity contribution in [2.45, 2.75) is 12.1 Å². The van der Waals surface area contributed by atoms with E-state index >= 15 is 0 Å². The minimum Gasteiger partial charge on any atom is -1.00 e. The second-order valence-corrected chi connectivity index (χ2v) is 6.50. The number of hydrogen-bond acceptors (Lipinski definition) is 7. The van der Waals surface area contributed by atoms with E-state index in [1.165, 1.54) is 0 Å². The third-order valence-corrected chi connectivity index (χ3v) is 4.74. The molecule has 0 saturated heterocycles. The van der Waals surface area contributed by atoms with Crippen molar-refractivity contribution in [2.75, 3.05) is 14.2 Å². The molecule has 1 aromatic heterocycles. The average Bonchev–Trinajstić information content (AvgIpc) is 3.36. The van der Waals surface area contributed by atoms with Crippen LogP contribution < -0.4 is 37.2 Å². The Balaban J connectivity index is 0.00000128. The minimum absolute atomic E-state index is 0. The molecule has 0 fully saturated rings. The van der Waals surface area contributed by atoms with Gasteiger partial charge in [-0.2, -0.15) is 0 Å². The smallest absolute Gasteiger partial charge is 0.174 e. The first-order valence-corrected chi connectivity index (χ1v) is 8.92. The standard InChI is InChI=1S/C21H17N5O2.3ClH.V/c1-27-12-6-8-14-18(10-12)25-20(23-14)16-4-3-5-17(22-16)21-24-15-9-7-13(28-2)11-19(15)26-21;;;;/h3-11,14-15H,1-2H3;3*1H;/p-3. The quantitative estimate of drug-likeness (QED) is 0.390. The van der Waals surface area contributed by atoms with Crippen molar-refractivity contribution in [3.05, 3.63) is 77.6 Å². The van der Waals surface area contributed by atoms with E-state index in [4.69, 9.17) is 14.5 Å². The van der Waals surface area contributed by atoms with Crippen molar-refractivity contribution in [1.29, 1.82) is 0 Å². The fraction of sp³-hybridized carbons (Fsp3) is 0.190. The second kappa shape index (κ2) is 11.6. The summed E-state index contributed by atoms with van der Waals surface area (Å²) >= 11 is 0. The fourth-order valence-electron chi connectivity index (χ4n) is 3.29. The summed E-state index contributed by atoms with van der Waals surface area (Å²) < 4.78 is 10.5. The summed E-state index contributed by atoms with van der Waals surface area (Å²) in [7, 11) is 3.28. The average molecular weight is 529 g/mol. The second-order valence-electron chi connectivity index (χ2n) is 6.50. The molecule has 1 aromatic rings. The van der Waals surface area contributed by atoms with Gasteiger partial charge in [0.25, 0.3) is 0 Å². The molecule has 7 nitrogen and oxygen atoms in total. The summed E-state index contributed by atoms with van der Waals surface area (Å²) in [5.74, 6) is 2.74. The molecule has 2 atom stereocenters. The first kappa shape index (κ1) is 27.9. The normalized spacial score (nSPS) is 21.3. The molecular formula is C21H17Cl3N5O2V-3. The third kappa shape index (κ3) is 5.25. The Hall–Kier alpha value is -2.16. The van der Waals surface area contributed by atoms with Crippen LogP contribution in [0.25, 0.3) is 0 Å². The first-order valence-electron chi connectivity index (χ1n) is 8.92. The maximum Gasteiger partial charge on any atom is 0.174 e. The molecule has 0 bridgehead atoms. The molecule has 0 saturated carbocycles. The number of pyridine rings is 1. The minimum atomic E-state index is -0.0889. The van der Waals surface area contributed by atoms with Crippen LogP contribution in [0.15, 0.2) is 86.1 Å². The number of allylic oxidation sites excluding steroid dienone is 2. The van der Waals surface area contributed by atoms with Gasteiger partial charge in [-0.1, -0.05) is 18.2 Å². The zero-order valence-electron chi connectivity index (χ0n) is 17.0. The molecule has 0 N–H and O–H groups in total. The van der Waals surface area contributed by atoms with E-state index in [-0.39, 0.29) is 67.9 Å². The molecule has 167 valence electrons. The molecule has 11 heteroatoms. The molecule has 2 unspecified atom stereocenters. The van der Waals surface area contributed by atoms with Crippen molar-refractivity contribution < 1.29 is 65.3 Å². The number of hydrogen-bond donors (Lipinski definition) is 0. The van der Waals surface area contributed by atoms with Crippen LogP contribution in [0.2, 0.25) is 0 Å². The van der Waals surface area contributed by atoms with E-state index in [9.17, 15) is 0 Å². The zero-order chi connectivity index (χ0) is 19.1. The third-order valence-electron chi connectivity index (χ3n) is 4.74. The molecule has 0 amide bonds. The summed E-state index contributed by atoms with van der Waals surface area (Å²) in [5, 5.41) is 0. The van der Waals surface area contributed by atoms with Crippen LogP contribution in [0.5, 0.6) is 0 Å². The van der Waals surface area contributed by atoms with Crippen molar-refractivity contribution >= 4 is 23.1 Å². The molecule has 2 aliphatic heterocycles. The van der Waals surface area contributed by atoms with Crippen LogP contribution in [0, 0.1) is 0 Å². The van der Waals surface area contributed by atoms with Crippen molar-refractivity contribution in [1.82, 2.24) is 4.98 Å². The number of rotatable bonds is 4. The Labute approximate surface area is 216 Å². The molecule has 1 radical (unpaired) electrons. The number of fused-ring (bicyclic) bond motifs is 2. The van der Waals surface area contributed by atoms with Gasteiger partial charge in [0.2, 0.25) is 0 Å². The number of aliphatic imine (C=N–C) groups is 4. The fourth-order valence-corrected chi connectivity index (χ4v) is 3.29. The summed E-state index contributed by atoms with van der Waals surface area (Å²) in [6.07, 6.45) is 11.5. The monoisotopic (exact) mass is 527 g/mol. The van der Waals surface area contributed by atoms with Gasteiger partial charge in [-0.3, -0.25) is 9.98 Å². The Morgan fingerprint density at radius 1 is 0.719 bits per heavy atom. The van der Waals surface area contributed by atoms with Gasteiger partial charge in [0, 0.05) is 30.7 Å². The van der Waals surface area contributed by atoms with Crippen LogP contribution in [-0.2, 0) is 28.0 Å².